The summed E-state index contributed by atoms with van der Waals surface area (Å²) in [6, 6.07) is 9.15. The second-order valence-electron chi connectivity index (χ2n) is 5.60. The third-order valence-corrected chi connectivity index (χ3v) is 4.73. The number of thioether (sulfide) groups is 1. The van der Waals surface area contributed by atoms with Gasteiger partial charge in [0.15, 0.2) is 5.17 Å². The van der Waals surface area contributed by atoms with E-state index in [4.69, 9.17) is 14.6 Å². The van der Waals surface area contributed by atoms with Gasteiger partial charge < -0.3 is 25.0 Å². The normalized spacial score (nSPS) is 16.3. The molecule has 8 nitrogen and oxygen atoms in total. The molecular weight excluding hydrogens is 384 g/mol. The maximum absolute atomic E-state index is 12.3. The van der Waals surface area contributed by atoms with E-state index in [0.29, 0.717) is 32.8 Å². The molecule has 1 heterocycles. The van der Waals surface area contributed by atoms with Crippen molar-refractivity contribution in [2.75, 3.05) is 14.2 Å². The maximum atomic E-state index is 12.3. The second-order valence-corrected chi connectivity index (χ2v) is 6.63. The van der Waals surface area contributed by atoms with Crippen LogP contribution in [0.25, 0.3) is 6.08 Å². The third-order valence-electron chi connectivity index (χ3n) is 3.82. The Balaban J connectivity index is 1.88. The van der Waals surface area contributed by atoms with Gasteiger partial charge in [0, 0.05) is 11.6 Å². The number of nitrogens with one attached hydrogen (secondary N) is 1. The molecule has 0 saturated carbocycles. The van der Waals surface area contributed by atoms with E-state index in [2.05, 4.69) is 10.3 Å². The van der Waals surface area contributed by atoms with Gasteiger partial charge in [-0.25, -0.2) is 9.79 Å². The minimum Gasteiger partial charge on any atom is -0.507 e. The zero-order valence-corrected chi connectivity index (χ0v) is 15.7. The number of carboxylic acid groups (broad SMARTS) is 1. The highest BCUT2D eigenvalue weighted by Crippen LogP contribution is 2.33. The van der Waals surface area contributed by atoms with Crippen LogP contribution in [0.2, 0.25) is 0 Å². The number of phenols is 1. The largest absolute Gasteiger partial charge is 0.507 e. The van der Waals surface area contributed by atoms with Crippen molar-refractivity contribution in [1.29, 1.82) is 0 Å². The summed E-state index contributed by atoms with van der Waals surface area (Å²) in [7, 11) is 3.08. The summed E-state index contributed by atoms with van der Waals surface area (Å²) in [5.41, 5.74) is 0.757. The van der Waals surface area contributed by atoms with E-state index in [9.17, 15) is 14.7 Å². The zero-order valence-electron chi connectivity index (χ0n) is 14.9. The highest BCUT2D eigenvalue weighted by Gasteiger charge is 2.24. The Hall–Kier alpha value is -3.46. The molecule has 0 aromatic heterocycles. The van der Waals surface area contributed by atoms with E-state index in [-0.39, 0.29) is 11.5 Å². The summed E-state index contributed by atoms with van der Waals surface area (Å²) >= 11 is 1.11. The molecule has 1 aliphatic heterocycles. The fourth-order valence-electron chi connectivity index (χ4n) is 2.46. The fourth-order valence-corrected chi connectivity index (χ4v) is 3.29. The van der Waals surface area contributed by atoms with E-state index in [1.165, 1.54) is 25.3 Å². The Morgan fingerprint density at radius 3 is 2.61 bits per heavy atom. The summed E-state index contributed by atoms with van der Waals surface area (Å²) in [4.78, 5) is 27.9. The number of amidine groups is 1. The summed E-state index contributed by atoms with van der Waals surface area (Å²) in [6.07, 6.45) is 1.66. The number of benzene rings is 2. The molecule has 3 rings (SSSR count). The lowest BCUT2D eigenvalue weighted by Crippen LogP contribution is -2.19. The van der Waals surface area contributed by atoms with Gasteiger partial charge in [-0.15, -0.1) is 0 Å². The van der Waals surface area contributed by atoms with Gasteiger partial charge in [-0.1, -0.05) is 0 Å². The number of methoxy groups -OCH3 is 2. The van der Waals surface area contributed by atoms with Crippen molar-refractivity contribution in [2.24, 2.45) is 4.99 Å². The van der Waals surface area contributed by atoms with Crippen LogP contribution in [0.3, 0.4) is 0 Å². The molecule has 0 spiro atoms. The van der Waals surface area contributed by atoms with Gasteiger partial charge in [-0.2, -0.15) is 0 Å². The number of amides is 1. The van der Waals surface area contributed by atoms with Crippen molar-refractivity contribution < 1.29 is 29.3 Å². The van der Waals surface area contributed by atoms with Crippen molar-refractivity contribution in [1.82, 2.24) is 5.32 Å². The van der Waals surface area contributed by atoms with E-state index in [0.717, 1.165) is 11.8 Å². The van der Waals surface area contributed by atoms with Crippen LogP contribution in [0.4, 0.5) is 5.69 Å². The van der Waals surface area contributed by atoms with Crippen molar-refractivity contribution in [2.45, 2.75) is 0 Å². The molecular formula is C19H16N2O6S. The first kappa shape index (κ1) is 19.3. The number of carboxylic acids is 1. The molecule has 1 saturated heterocycles. The Kier molecular flexibility index (Phi) is 5.55. The van der Waals surface area contributed by atoms with Crippen LogP contribution >= 0.6 is 11.8 Å². The smallest absolute Gasteiger partial charge is 0.339 e. The molecule has 9 heteroatoms. The van der Waals surface area contributed by atoms with Crippen molar-refractivity contribution in [3.8, 4) is 17.2 Å². The van der Waals surface area contributed by atoms with Gasteiger partial charge in [0.25, 0.3) is 5.91 Å². The monoisotopic (exact) mass is 400 g/mol. The van der Waals surface area contributed by atoms with E-state index in [1.807, 2.05) is 0 Å². The number of aromatic hydroxyl groups is 1. The van der Waals surface area contributed by atoms with Gasteiger partial charge in [-0.05, 0) is 48.2 Å². The molecule has 0 bridgehead atoms. The Morgan fingerprint density at radius 2 is 1.96 bits per heavy atom. The van der Waals surface area contributed by atoms with Crippen LogP contribution in [0.15, 0.2) is 46.3 Å². The van der Waals surface area contributed by atoms with Crippen molar-refractivity contribution in [3.63, 3.8) is 0 Å². The van der Waals surface area contributed by atoms with Crippen LogP contribution in [0.1, 0.15) is 15.9 Å². The molecule has 3 N–H and O–H groups in total. The first-order valence-electron chi connectivity index (χ1n) is 7.99. The zero-order chi connectivity index (χ0) is 20.3. The lowest BCUT2D eigenvalue weighted by atomic mass is 10.1. The second kappa shape index (κ2) is 8.05. The number of carbonyl (C=O) groups excluding carboxylic acids is 1. The first-order chi connectivity index (χ1) is 13.4. The maximum Gasteiger partial charge on any atom is 0.339 e. The Labute approximate surface area is 164 Å². The number of aliphatic imine (C=N–C) groups is 1. The summed E-state index contributed by atoms with van der Waals surface area (Å²) in [6.45, 7) is 0. The molecule has 28 heavy (non-hydrogen) atoms. The predicted molar refractivity (Wildman–Crippen MR) is 105 cm³/mol. The van der Waals surface area contributed by atoms with Gasteiger partial charge in [0.1, 0.15) is 22.8 Å². The molecule has 1 amide bonds. The molecule has 0 aliphatic carbocycles. The van der Waals surface area contributed by atoms with Gasteiger partial charge >= 0.3 is 5.97 Å². The molecule has 1 aliphatic rings. The highest BCUT2D eigenvalue weighted by molar-refractivity contribution is 8.18. The highest BCUT2D eigenvalue weighted by atomic mass is 32.2. The van der Waals surface area contributed by atoms with Gasteiger partial charge in [0.2, 0.25) is 0 Å². The summed E-state index contributed by atoms with van der Waals surface area (Å²) in [5, 5.41) is 21.6. The number of nitrogens with zero attached hydrogens (tertiary/aromatic N) is 1. The number of aromatic carboxylic acids is 1. The molecule has 0 atom stereocenters. The molecule has 1 fully saturated rings. The van der Waals surface area contributed by atoms with Crippen LogP contribution in [0.5, 0.6) is 17.2 Å². The van der Waals surface area contributed by atoms with Crippen molar-refractivity contribution >= 4 is 40.6 Å². The summed E-state index contributed by atoms with van der Waals surface area (Å²) in [5.74, 6) is -0.765. The van der Waals surface area contributed by atoms with Crippen LogP contribution in [-0.2, 0) is 4.79 Å². The minimum absolute atomic E-state index is 0.224. The Bertz CT molecular complexity index is 1020. The fraction of sp³-hybridized carbons (Fsp3) is 0.105. The van der Waals surface area contributed by atoms with E-state index in [1.54, 1.807) is 31.4 Å². The lowest BCUT2D eigenvalue weighted by molar-refractivity contribution is -0.115. The topological polar surface area (TPSA) is 117 Å². The number of rotatable bonds is 5. The first-order valence-corrected chi connectivity index (χ1v) is 8.81. The molecule has 144 valence electrons. The quantitative estimate of drug-likeness (QED) is 0.661. The molecule has 0 radical (unpaired) electrons. The standard InChI is InChI=1S/C19H16N2O6S/c1-26-12-4-6-15(27-2)10(7-12)8-16-17(23)21-19(28-16)20-11-3-5-13(18(24)25)14(22)9-11/h3-9,22H,1-2H3,(H,24,25)(H,20,21,23)/b16-8-. The van der Waals surface area contributed by atoms with Crippen LogP contribution in [0, 0.1) is 0 Å². The van der Waals surface area contributed by atoms with Gasteiger partial charge in [0.05, 0.1) is 24.8 Å². The van der Waals surface area contributed by atoms with E-state index < -0.39 is 11.7 Å². The van der Waals surface area contributed by atoms with Crippen LogP contribution in [-0.4, -0.2) is 41.5 Å². The average Bonchev–Trinajstić information content (AvgIpc) is 3.00. The van der Waals surface area contributed by atoms with Crippen LogP contribution < -0.4 is 14.8 Å². The SMILES string of the molecule is COc1ccc(OC)c(/C=C2\SC(=Nc3ccc(C(=O)O)c(O)c3)NC2=O)c1. The molecule has 2 aromatic rings. The predicted octanol–water partition coefficient (Wildman–Crippen LogP) is 3.00. The number of ether oxygens (including phenoxy) is 2. The molecule has 0 unspecified atom stereocenters. The number of carbonyl (C=O) groups is 2. The number of hydrogen-bond donors (Lipinski definition) is 3. The van der Waals surface area contributed by atoms with Gasteiger partial charge in [-0.3, -0.25) is 4.79 Å². The third kappa shape index (κ3) is 4.09. The lowest BCUT2D eigenvalue weighted by Gasteiger charge is -2.07. The Morgan fingerprint density at radius 1 is 1.18 bits per heavy atom. The number of hydrogen-bond acceptors (Lipinski definition) is 7. The minimum atomic E-state index is -1.24. The molecule has 2 aromatic carbocycles. The average molecular weight is 400 g/mol. The summed E-state index contributed by atoms with van der Waals surface area (Å²) < 4.78 is 10.5. The van der Waals surface area contributed by atoms with E-state index >= 15 is 0 Å². The van der Waals surface area contributed by atoms with Crippen molar-refractivity contribution in [3.05, 3.63) is 52.4 Å².